The van der Waals surface area contributed by atoms with Crippen LogP contribution in [0, 0.1) is 6.92 Å². The lowest BCUT2D eigenvalue weighted by molar-refractivity contribution is 0.459. The molecule has 4 heterocycles. The maximum Gasteiger partial charge on any atom is 0.258 e. The van der Waals surface area contributed by atoms with Crippen molar-refractivity contribution in [3.63, 3.8) is 0 Å². The van der Waals surface area contributed by atoms with Crippen molar-refractivity contribution >= 4 is 16.6 Å². The SMILES string of the molecule is Cc1cc(C2CCNCC2)cn2c(=O)cc(-c3ccc4nn(C)cc4c3)nc12. The molecule has 0 bridgehead atoms. The number of nitrogens with zero attached hydrogens (tertiary/aromatic N) is 4. The Morgan fingerprint density at radius 3 is 2.75 bits per heavy atom. The number of pyridine rings is 1. The topological polar surface area (TPSA) is 64.2 Å². The van der Waals surface area contributed by atoms with E-state index in [1.807, 2.05) is 44.6 Å². The molecule has 0 amide bonds. The molecule has 142 valence electrons. The van der Waals surface area contributed by atoms with Crippen LogP contribution in [-0.4, -0.2) is 32.3 Å². The summed E-state index contributed by atoms with van der Waals surface area (Å²) >= 11 is 0. The number of hydrogen-bond donors (Lipinski definition) is 1. The average Bonchev–Trinajstić information content (AvgIpc) is 3.08. The molecule has 3 aromatic heterocycles. The molecule has 0 radical (unpaired) electrons. The summed E-state index contributed by atoms with van der Waals surface area (Å²) in [7, 11) is 1.91. The molecule has 5 rings (SSSR count). The average molecular weight is 373 g/mol. The van der Waals surface area contributed by atoms with E-state index in [9.17, 15) is 4.79 Å². The second-order valence-corrected chi connectivity index (χ2v) is 7.73. The molecule has 1 aliphatic heterocycles. The minimum atomic E-state index is -0.0369. The van der Waals surface area contributed by atoms with E-state index >= 15 is 0 Å². The molecular formula is C22H23N5O. The quantitative estimate of drug-likeness (QED) is 0.587. The van der Waals surface area contributed by atoms with Gasteiger partial charge in [0, 0.05) is 36.5 Å². The zero-order valence-electron chi connectivity index (χ0n) is 16.1. The van der Waals surface area contributed by atoms with Crippen LogP contribution in [0.4, 0.5) is 0 Å². The highest BCUT2D eigenvalue weighted by atomic mass is 16.1. The van der Waals surface area contributed by atoms with Gasteiger partial charge in [0.1, 0.15) is 5.65 Å². The molecule has 0 aliphatic carbocycles. The van der Waals surface area contributed by atoms with Crippen LogP contribution >= 0.6 is 0 Å². The van der Waals surface area contributed by atoms with Crippen molar-refractivity contribution in [3.05, 3.63) is 64.2 Å². The number of rotatable bonds is 2. The van der Waals surface area contributed by atoms with Crippen molar-refractivity contribution in [2.75, 3.05) is 13.1 Å². The van der Waals surface area contributed by atoms with E-state index in [-0.39, 0.29) is 5.56 Å². The minimum absolute atomic E-state index is 0.0369. The van der Waals surface area contributed by atoms with Gasteiger partial charge in [-0.1, -0.05) is 12.1 Å². The number of aryl methyl sites for hydroxylation is 2. The Balaban J connectivity index is 1.63. The number of benzene rings is 1. The Labute approximate surface area is 162 Å². The van der Waals surface area contributed by atoms with Crippen LogP contribution in [0.5, 0.6) is 0 Å². The molecule has 6 heteroatoms. The standard InChI is InChI=1S/C22H23N5O/c1-14-9-17(15-5-7-23-8-6-15)13-27-21(28)11-20(24-22(14)27)16-3-4-19-18(10-16)12-26(2)25-19/h3-4,9-13,15,23H,5-8H2,1-2H3. The van der Waals surface area contributed by atoms with Crippen LogP contribution in [0.1, 0.15) is 29.9 Å². The van der Waals surface area contributed by atoms with Gasteiger partial charge >= 0.3 is 0 Å². The summed E-state index contributed by atoms with van der Waals surface area (Å²) in [6.07, 6.45) is 6.18. The molecule has 4 aromatic rings. The number of fused-ring (bicyclic) bond motifs is 2. The van der Waals surface area contributed by atoms with E-state index in [4.69, 9.17) is 4.98 Å². The predicted molar refractivity (Wildman–Crippen MR) is 111 cm³/mol. The van der Waals surface area contributed by atoms with E-state index < -0.39 is 0 Å². The molecule has 1 N–H and O–H groups in total. The van der Waals surface area contributed by atoms with Gasteiger partial charge in [-0.25, -0.2) is 4.98 Å². The highest BCUT2D eigenvalue weighted by Crippen LogP contribution is 2.27. The van der Waals surface area contributed by atoms with Crippen molar-refractivity contribution in [2.24, 2.45) is 7.05 Å². The van der Waals surface area contributed by atoms with Crippen LogP contribution in [0.2, 0.25) is 0 Å². The predicted octanol–water partition coefficient (Wildman–Crippen LogP) is 3.02. The molecule has 28 heavy (non-hydrogen) atoms. The third-order valence-corrected chi connectivity index (χ3v) is 5.69. The van der Waals surface area contributed by atoms with E-state index in [1.165, 1.54) is 5.56 Å². The van der Waals surface area contributed by atoms with Crippen LogP contribution in [0.15, 0.2) is 47.5 Å². The molecule has 1 aromatic carbocycles. The zero-order valence-corrected chi connectivity index (χ0v) is 16.1. The minimum Gasteiger partial charge on any atom is -0.317 e. The Hall–Kier alpha value is -2.99. The lowest BCUT2D eigenvalue weighted by atomic mass is 9.90. The summed E-state index contributed by atoms with van der Waals surface area (Å²) in [5.41, 5.74) is 5.54. The number of piperidine rings is 1. The van der Waals surface area contributed by atoms with Crippen molar-refractivity contribution in [1.29, 1.82) is 0 Å². The number of nitrogens with one attached hydrogen (secondary N) is 1. The van der Waals surface area contributed by atoms with Gasteiger partial charge in [0.25, 0.3) is 5.56 Å². The second kappa shape index (κ2) is 6.56. The molecule has 1 aliphatic rings. The van der Waals surface area contributed by atoms with E-state index in [2.05, 4.69) is 16.5 Å². The lowest BCUT2D eigenvalue weighted by Crippen LogP contribution is -2.27. The molecule has 6 nitrogen and oxygen atoms in total. The number of hydrogen-bond acceptors (Lipinski definition) is 4. The van der Waals surface area contributed by atoms with Gasteiger partial charge in [-0.3, -0.25) is 13.9 Å². The first kappa shape index (κ1) is 17.1. The van der Waals surface area contributed by atoms with Crippen LogP contribution < -0.4 is 10.9 Å². The van der Waals surface area contributed by atoms with Gasteiger partial charge in [0.2, 0.25) is 0 Å². The molecule has 0 atom stereocenters. The molecule has 1 saturated heterocycles. The fraction of sp³-hybridized carbons (Fsp3) is 0.318. The first-order chi connectivity index (χ1) is 13.6. The van der Waals surface area contributed by atoms with Gasteiger partial charge in [-0.2, -0.15) is 5.10 Å². The summed E-state index contributed by atoms with van der Waals surface area (Å²) in [4.78, 5) is 17.8. The zero-order chi connectivity index (χ0) is 19.3. The molecular weight excluding hydrogens is 350 g/mol. The highest BCUT2D eigenvalue weighted by Gasteiger charge is 2.17. The first-order valence-electron chi connectivity index (χ1n) is 9.77. The largest absolute Gasteiger partial charge is 0.317 e. The van der Waals surface area contributed by atoms with Crippen LogP contribution in [0.3, 0.4) is 0 Å². The van der Waals surface area contributed by atoms with Gasteiger partial charge in [-0.15, -0.1) is 0 Å². The summed E-state index contributed by atoms with van der Waals surface area (Å²) < 4.78 is 3.50. The van der Waals surface area contributed by atoms with Gasteiger partial charge in [0.05, 0.1) is 11.2 Å². The summed E-state index contributed by atoms with van der Waals surface area (Å²) in [6.45, 7) is 4.11. The summed E-state index contributed by atoms with van der Waals surface area (Å²) in [6, 6.07) is 9.83. The lowest BCUT2D eigenvalue weighted by Gasteiger charge is -2.23. The summed E-state index contributed by atoms with van der Waals surface area (Å²) in [5.74, 6) is 0.504. The maximum absolute atomic E-state index is 12.9. The monoisotopic (exact) mass is 373 g/mol. The van der Waals surface area contributed by atoms with Gasteiger partial charge in [-0.05, 0) is 62.0 Å². The smallest absolute Gasteiger partial charge is 0.258 e. The number of aromatic nitrogens is 4. The molecule has 1 fully saturated rings. The highest BCUT2D eigenvalue weighted by molar-refractivity contribution is 5.83. The van der Waals surface area contributed by atoms with E-state index in [0.29, 0.717) is 11.6 Å². The van der Waals surface area contributed by atoms with Crippen molar-refractivity contribution < 1.29 is 0 Å². The fourth-order valence-electron chi connectivity index (χ4n) is 4.23. The van der Waals surface area contributed by atoms with Crippen molar-refractivity contribution in [1.82, 2.24) is 24.5 Å². The van der Waals surface area contributed by atoms with Gasteiger partial charge in [0.15, 0.2) is 0 Å². The molecule has 0 spiro atoms. The Morgan fingerprint density at radius 1 is 1.11 bits per heavy atom. The van der Waals surface area contributed by atoms with E-state index in [1.54, 1.807) is 15.1 Å². The summed E-state index contributed by atoms with van der Waals surface area (Å²) in [5, 5.41) is 8.85. The van der Waals surface area contributed by atoms with Crippen LogP contribution in [0.25, 0.3) is 27.8 Å². The van der Waals surface area contributed by atoms with Crippen molar-refractivity contribution in [2.45, 2.75) is 25.7 Å². The first-order valence-corrected chi connectivity index (χ1v) is 9.77. The fourth-order valence-corrected chi connectivity index (χ4v) is 4.23. The van der Waals surface area contributed by atoms with Crippen LogP contribution in [-0.2, 0) is 7.05 Å². The third kappa shape index (κ3) is 2.90. The van der Waals surface area contributed by atoms with Gasteiger partial charge < -0.3 is 5.32 Å². The molecule has 0 saturated carbocycles. The van der Waals surface area contributed by atoms with E-state index in [0.717, 1.165) is 53.6 Å². The second-order valence-electron chi connectivity index (χ2n) is 7.73. The Bertz CT molecular complexity index is 1250. The normalized spacial score (nSPS) is 15.5. The Kier molecular flexibility index (Phi) is 4.02. The Morgan fingerprint density at radius 2 is 1.93 bits per heavy atom. The van der Waals surface area contributed by atoms with Crippen molar-refractivity contribution in [3.8, 4) is 11.3 Å². The molecule has 0 unspecified atom stereocenters. The third-order valence-electron chi connectivity index (χ3n) is 5.69. The maximum atomic E-state index is 12.9.